The van der Waals surface area contributed by atoms with E-state index in [1.807, 2.05) is 0 Å². The maximum atomic E-state index is 11.5. The zero-order chi connectivity index (χ0) is 11.5. The first-order chi connectivity index (χ1) is 7.68. The quantitative estimate of drug-likeness (QED) is 0.442. The fraction of sp³-hybridized carbons (Fsp3) is 0.818. The van der Waals surface area contributed by atoms with Crippen molar-refractivity contribution in [1.82, 2.24) is 5.32 Å². The van der Waals surface area contributed by atoms with Gasteiger partial charge in [-0.2, -0.15) is 0 Å². The van der Waals surface area contributed by atoms with Gasteiger partial charge in [-0.3, -0.25) is 4.79 Å². The minimum atomic E-state index is -1.06. The molecule has 0 aromatic heterocycles. The first-order valence-electron chi connectivity index (χ1n) is 5.84. The summed E-state index contributed by atoms with van der Waals surface area (Å²) in [5.41, 5.74) is 0. The van der Waals surface area contributed by atoms with Crippen LogP contribution in [0.5, 0.6) is 0 Å². The molecule has 0 spiro atoms. The summed E-state index contributed by atoms with van der Waals surface area (Å²) in [7, 11) is 0. The molecule has 92 valence electrons. The number of nitrogens with one attached hydrogen (secondary N) is 1. The Morgan fingerprint density at radius 2 is 1.88 bits per heavy atom. The van der Waals surface area contributed by atoms with Gasteiger partial charge in [0.1, 0.15) is 0 Å². The molecule has 17 heavy (non-hydrogen) atoms. The van der Waals surface area contributed by atoms with Crippen LogP contribution in [0.2, 0.25) is 0 Å². The monoisotopic (exact) mass is 267 g/mol. The van der Waals surface area contributed by atoms with Gasteiger partial charge in [-0.15, -0.1) is 0 Å². The molecule has 0 aromatic carbocycles. The van der Waals surface area contributed by atoms with Crippen LogP contribution in [-0.2, 0) is 14.3 Å². The Kier molecular flexibility index (Phi) is 6.61. The number of epoxide rings is 1. The van der Waals surface area contributed by atoms with Crippen LogP contribution in [0.25, 0.3) is 0 Å². The van der Waals surface area contributed by atoms with Crippen LogP contribution in [0.4, 0.5) is 0 Å². The van der Waals surface area contributed by atoms with Crippen LogP contribution in [0.3, 0.4) is 0 Å². The summed E-state index contributed by atoms with van der Waals surface area (Å²) in [5.74, 6) is -0.782. The smallest absolute Gasteiger partial charge is 1.00 e. The predicted octanol–water partition coefficient (Wildman–Crippen LogP) is -2.35. The third kappa shape index (κ3) is 4.61. The number of rotatable bonds is 4. The van der Waals surface area contributed by atoms with Crippen molar-refractivity contribution in [3.63, 3.8) is 0 Å². The largest absolute Gasteiger partial charge is 1.00 e. The van der Waals surface area contributed by atoms with Crippen molar-refractivity contribution in [1.29, 1.82) is 0 Å². The average molecular weight is 267 g/mol. The number of hydrogen-bond donors (Lipinski definition) is 2. The van der Waals surface area contributed by atoms with Crippen molar-refractivity contribution in [2.75, 3.05) is 6.54 Å². The molecule has 1 aliphatic carbocycles. The molecular weight excluding hydrogens is 249 g/mol. The minimum absolute atomic E-state index is 0. The molecule has 2 unspecified atom stereocenters. The van der Waals surface area contributed by atoms with Crippen LogP contribution in [0.1, 0.15) is 33.5 Å². The average Bonchev–Trinajstić information content (AvgIpc) is 3.07. The van der Waals surface area contributed by atoms with Gasteiger partial charge in [0, 0.05) is 6.54 Å². The SMILES string of the molecule is O=C(O)C1OC1C(=O)NCC1CCCCC1.[H-].[K+]. The molecule has 2 fully saturated rings. The van der Waals surface area contributed by atoms with E-state index in [4.69, 9.17) is 9.84 Å². The standard InChI is InChI=1S/C11H17NO4.K.H/c13-10(8-9(16-8)11(14)15)12-6-7-4-2-1-3-5-7;;/h7-9H,1-6H2,(H,12,13)(H,14,15);;/q;+1;-1. The normalized spacial score (nSPS) is 28.0. The molecule has 1 heterocycles. The molecule has 2 N–H and O–H groups in total. The number of amides is 1. The molecule has 2 rings (SSSR count). The zero-order valence-corrected chi connectivity index (χ0v) is 13.3. The van der Waals surface area contributed by atoms with E-state index in [1.165, 1.54) is 19.3 Å². The molecule has 1 aliphatic heterocycles. The van der Waals surface area contributed by atoms with Gasteiger partial charge in [-0.1, -0.05) is 19.3 Å². The summed E-state index contributed by atoms with van der Waals surface area (Å²) in [6.07, 6.45) is 4.39. The summed E-state index contributed by atoms with van der Waals surface area (Å²) < 4.78 is 4.77. The Labute approximate surface area is 145 Å². The van der Waals surface area contributed by atoms with Gasteiger partial charge in [-0.05, 0) is 18.8 Å². The third-order valence-electron chi connectivity index (χ3n) is 3.28. The number of hydrogen-bond acceptors (Lipinski definition) is 3. The van der Waals surface area contributed by atoms with Crippen LogP contribution < -0.4 is 56.7 Å². The molecule has 0 aromatic rings. The first-order valence-corrected chi connectivity index (χ1v) is 5.84. The van der Waals surface area contributed by atoms with Gasteiger partial charge in [0.2, 0.25) is 0 Å². The van der Waals surface area contributed by atoms with Gasteiger partial charge in [0.15, 0.2) is 12.2 Å². The Morgan fingerprint density at radius 1 is 1.24 bits per heavy atom. The summed E-state index contributed by atoms with van der Waals surface area (Å²) >= 11 is 0. The summed E-state index contributed by atoms with van der Waals surface area (Å²) in [5, 5.41) is 11.4. The second-order valence-corrected chi connectivity index (χ2v) is 4.56. The number of carboxylic acid groups (broad SMARTS) is 1. The molecular formula is C11H18KNO4. The van der Waals surface area contributed by atoms with Crippen molar-refractivity contribution >= 4 is 11.9 Å². The van der Waals surface area contributed by atoms with Crippen LogP contribution >= 0.6 is 0 Å². The van der Waals surface area contributed by atoms with Crippen LogP contribution in [-0.4, -0.2) is 35.7 Å². The second-order valence-electron chi connectivity index (χ2n) is 4.56. The Balaban J connectivity index is 0.00000144. The number of carbonyl (C=O) groups is 2. The van der Waals surface area contributed by atoms with Crippen molar-refractivity contribution in [2.45, 2.75) is 44.3 Å². The molecule has 5 nitrogen and oxygen atoms in total. The second kappa shape index (κ2) is 7.21. The minimum Gasteiger partial charge on any atom is -1.00 e. The van der Waals surface area contributed by atoms with Crippen molar-refractivity contribution in [2.24, 2.45) is 5.92 Å². The van der Waals surface area contributed by atoms with E-state index in [0.717, 1.165) is 12.8 Å². The summed E-state index contributed by atoms with van der Waals surface area (Å²) in [4.78, 5) is 21.9. The molecule has 1 saturated heterocycles. The number of carboxylic acids is 1. The van der Waals surface area contributed by atoms with E-state index in [1.54, 1.807) is 0 Å². The molecule has 1 saturated carbocycles. The van der Waals surface area contributed by atoms with E-state index >= 15 is 0 Å². The van der Waals surface area contributed by atoms with Gasteiger partial charge in [0.25, 0.3) is 5.91 Å². The molecule has 0 bridgehead atoms. The van der Waals surface area contributed by atoms with Crippen LogP contribution in [0.15, 0.2) is 0 Å². The van der Waals surface area contributed by atoms with E-state index < -0.39 is 18.2 Å². The Hall–Kier alpha value is 0.536. The summed E-state index contributed by atoms with van der Waals surface area (Å²) in [6.45, 7) is 0.658. The van der Waals surface area contributed by atoms with Crippen molar-refractivity contribution in [3.05, 3.63) is 0 Å². The van der Waals surface area contributed by atoms with Gasteiger partial charge in [-0.25, -0.2) is 4.79 Å². The zero-order valence-electron chi connectivity index (χ0n) is 11.1. The maximum Gasteiger partial charge on any atom is 1.00 e. The molecule has 2 atom stereocenters. The third-order valence-corrected chi connectivity index (χ3v) is 3.28. The Morgan fingerprint density at radius 3 is 2.41 bits per heavy atom. The topological polar surface area (TPSA) is 78.9 Å². The van der Waals surface area contributed by atoms with Gasteiger partial charge < -0.3 is 16.6 Å². The number of aliphatic carboxylic acids is 1. The first kappa shape index (κ1) is 15.6. The van der Waals surface area contributed by atoms with E-state index in [-0.39, 0.29) is 58.7 Å². The molecule has 1 amide bonds. The summed E-state index contributed by atoms with van der Waals surface area (Å²) in [6, 6.07) is 0. The van der Waals surface area contributed by atoms with Crippen molar-refractivity contribution in [3.8, 4) is 0 Å². The number of ether oxygens (including phenoxy) is 1. The maximum absolute atomic E-state index is 11.5. The van der Waals surface area contributed by atoms with Crippen LogP contribution in [0, 0.1) is 5.92 Å². The van der Waals surface area contributed by atoms with E-state index in [0.29, 0.717) is 12.5 Å². The predicted molar refractivity (Wildman–Crippen MR) is 57.0 cm³/mol. The fourth-order valence-corrected chi connectivity index (χ4v) is 2.24. The molecule has 0 radical (unpaired) electrons. The van der Waals surface area contributed by atoms with E-state index in [2.05, 4.69) is 5.32 Å². The number of carbonyl (C=O) groups excluding carboxylic acids is 1. The fourth-order valence-electron chi connectivity index (χ4n) is 2.24. The van der Waals surface area contributed by atoms with Gasteiger partial charge in [0.05, 0.1) is 0 Å². The van der Waals surface area contributed by atoms with Crippen molar-refractivity contribution < 1.29 is 72.2 Å². The van der Waals surface area contributed by atoms with Gasteiger partial charge >= 0.3 is 57.4 Å². The molecule has 2 aliphatic rings. The van der Waals surface area contributed by atoms with E-state index in [9.17, 15) is 9.59 Å². The molecule has 6 heteroatoms. The Bertz CT molecular complexity index is 297.